The minimum absolute atomic E-state index is 0.213. The first-order chi connectivity index (χ1) is 14.1. The van der Waals surface area contributed by atoms with Gasteiger partial charge in [0.1, 0.15) is 6.61 Å². The van der Waals surface area contributed by atoms with E-state index in [9.17, 15) is 0 Å². The maximum Gasteiger partial charge on any atom is 0.166 e. The molecule has 0 unspecified atom stereocenters. The molecular weight excluding hydrogens is 405 g/mol. The summed E-state index contributed by atoms with van der Waals surface area (Å²) in [6.07, 6.45) is 0. The predicted molar refractivity (Wildman–Crippen MR) is 120 cm³/mol. The zero-order valence-electron chi connectivity index (χ0n) is 16.6. The Labute approximate surface area is 182 Å². The third kappa shape index (κ3) is 5.89. The van der Waals surface area contributed by atoms with E-state index in [1.807, 2.05) is 55.5 Å². The van der Waals surface area contributed by atoms with Crippen molar-refractivity contribution in [1.29, 1.82) is 0 Å². The Balaban J connectivity index is 1.77. The van der Waals surface area contributed by atoms with Gasteiger partial charge in [0.25, 0.3) is 0 Å². The molecule has 3 rings (SSSR count). The van der Waals surface area contributed by atoms with Gasteiger partial charge in [-0.15, -0.1) is 0 Å². The molecule has 0 bridgehead atoms. The fourth-order valence-corrected chi connectivity index (χ4v) is 3.51. The second-order valence-electron chi connectivity index (χ2n) is 6.72. The second-order valence-corrected chi connectivity index (χ2v) is 7.56. The quantitative estimate of drug-likeness (QED) is 0.404. The van der Waals surface area contributed by atoms with Crippen molar-refractivity contribution in [3.05, 3.63) is 93.5 Å². The molecule has 0 amide bonds. The summed E-state index contributed by atoms with van der Waals surface area (Å²) in [6, 6.07) is 21.9. The monoisotopic (exact) mass is 429 g/mol. The Morgan fingerprint density at radius 2 is 1.69 bits per heavy atom. The topological polar surface area (TPSA) is 30.5 Å². The summed E-state index contributed by atoms with van der Waals surface area (Å²) in [4.78, 5) is 0. The van der Waals surface area contributed by atoms with Crippen molar-refractivity contribution in [3.8, 4) is 11.5 Å². The van der Waals surface area contributed by atoms with Gasteiger partial charge in [-0.2, -0.15) is 0 Å². The highest BCUT2D eigenvalue weighted by Crippen LogP contribution is 2.33. The number of halogens is 2. The summed E-state index contributed by atoms with van der Waals surface area (Å²) in [5.41, 5.74) is 3.15. The van der Waals surface area contributed by atoms with E-state index in [1.165, 1.54) is 5.56 Å². The smallest absolute Gasteiger partial charge is 0.166 e. The average Bonchev–Trinajstić information content (AvgIpc) is 2.73. The van der Waals surface area contributed by atoms with Crippen molar-refractivity contribution >= 4 is 23.2 Å². The van der Waals surface area contributed by atoms with Crippen LogP contribution in [0.3, 0.4) is 0 Å². The molecule has 0 radical (unpaired) electrons. The molecule has 0 fully saturated rings. The number of rotatable bonds is 9. The zero-order chi connectivity index (χ0) is 20.6. The molecule has 0 spiro atoms. The molecule has 29 heavy (non-hydrogen) atoms. The van der Waals surface area contributed by atoms with E-state index < -0.39 is 0 Å². The van der Waals surface area contributed by atoms with Gasteiger partial charge in [0.05, 0.1) is 6.61 Å². The number of benzene rings is 3. The Kier molecular flexibility index (Phi) is 7.82. The molecule has 3 nitrogen and oxygen atoms in total. The maximum atomic E-state index is 6.30. The van der Waals surface area contributed by atoms with Crippen LogP contribution in [0.5, 0.6) is 11.5 Å². The molecule has 152 valence electrons. The predicted octanol–water partition coefficient (Wildman–Crippen LogP) is 6.82. The first kappa shape index (κ1) is 21.5. The number of ether oxygens (including phenoxy) is 2. The van der Waals surface area contributed by atoms with E-state index in [1.54, 1.807) is 6.07 Å². The minimum atomic E-state index is 0.213. The Bertz CT molecular complexity index is 931. The van der Waals surface area contributed by atoms with Gasteiger partial charge in [-0.25, -0.2) is 0 Å². The van der Waals surface area contributed by atoms with Gasteiger partial charge < -0.3 is 14.8 Å². The largest absolute Gasteiger partial charge is 0.490 e. The first-order valence-corrected chi connectivity index (χ1v) is 10.4. The summed E-state index contributed by atoms with van der Waals surface area (Å²) in [5.74, 6) is 1.46. The average molecular weight is 430 g/mol. The van der Waals surface area contributed by atoms with Crippen LogP contribution in [0.15, 0.2) is 66.7 Å². The summed E-state index contributed by atoms with van der Waals surface area (Å²) in [5, 5.41) is 4.75. The standard InChI is InChI=1S/C24H25Cl2NO2/c1-3-28-23-11-7-10-19(15-27-17(2)18-8-5-4-6-9-18)24(23)29-16-20-12-13-21(25)14-22(20)26/h4-14,17,27H,3,15-16H2,1-2H3/t17-/m1/s1. The summed E-state index contributed by atoms with van der Waals surface area (Å²) >= 11 is 12.3. The molecule has 3 aromatic carbocycles. The zero-order valence-corrected chi connectivity index (χ0v) is 18.1. The summed E-state index contributed by atoms with van der Waals surface area (Å²) in [7, 11) is 0. The molecule has 3 aromatic rings. The van der Waals surface area contributed by atoms with Gasteiger partial charge in [-0.05, 0) is 37.6 Å². The van der Waals surface area contributed by atoms with E-state index in [-0.39, 0.29) is 6.04 Å². The normalized spacial score (nSPS) is 11.9. The van der Waals surface area contributed by atoms with Crippen LogP contribution < -0.4 is 14.8 Å². The van der Waals surface area contributed by atoms with Gasteiger partial charge in [0, 0.05) is 33.8 Å². The molecule has 0 heterocycles. The molecule has 0 aromatic heterocycles. The van der Waals surface area contributed by atoms with E-state index in [0.29, 0.717) is 29.8 Å². The van der Waals surface area contributed by atoms with Crippen LogP contribution in [-0.2, 0) is 13.2 Å². The van der Waals surface area contributed by atoms with Gasteiger partial charge in [-0.3, -0.25) is 0 Å². The third-order valence-corrected chi connectivity index (χ3v) is 5.23. The van der Waals surface area contributed by atoms with Crippen LogP contribution in [0, 0.1) is 0 Å². The minimum Gasteiger partial charge on any atom is -0.490 e. The SMILES string of the molecule is CCOc1cccc(CN[C@H](C)c2ccccc2)c1OCc1ccc(Cl)cc1Cl. The van der Waals surface area contributed by atoms with E-state index in [0.717, 1.165) is 22.6 Å². The lowest BCUT2D eigenvalue weighted by atomic mass is 10.1. The van der Waals surface area contributed by atoms with Crippen LogP contribution in [0.2, 0.25) is 10.0 Å². The Morgan fingerprint density at radius 1 is 0.897 bits per heavy atom. The highest BCUT2D eigenvalue weighted by Gasteiger charge is 2.14. The van der Waals surface area contributed by atoms with Crippen molar-refractivity contribution in [3.63, 3.8) is 0 Å². The fourth-order valence-electron chi connectivity index (χ4n) is 3.04. The molecule has 0 saturated heterocycles. The van der Waals surface area contributed by atoms with Gasteiger partial charge >= 0.3 is 0 Å². The van der Waals surface area contributed by atoms with E-state index in [2.05, 4.69) is 24.4 Å². The van der Waals surface area contributed by atoms with Crippen LogP contribution in [0.25, 0.3) is 0 Å². The van der Waals surface area contributed by atoms with E-state index in [4.69, 9.17) is 32.7 Å². The number of para-hydroxylation sites is 1. The number of nitrogens with one attached hydrogen (secondary N) is 1. The summed E-state index contributed by atoms with van der Waals surface area (Å²) in [6.45, 7) is 5.66. The van der Waals surface area contributed by atoms with Crippen molar-refractivity contribution in [2.75, 3.05) is 6.61 Å². The summed E-state index contributed by atoms with van der Waals surface area (Å²) < 4.78 is 12.0. The lowest BCUT2D eigenvalue weighted by Gasteiger charge is -2.19. The maximum absolute atomic E-state index is 6.30. The highest BCUT2D eigenvalue weighted by atomic mass is 35.5. The lowest BCUT2D eigenvalue weighted by molar-refractivity contribution is 0.266. The lowest BCUT2D eigenvalue weighted by Crippen LogP contribution is -2.18. The molecule has 5 heteroatoms. The van der Waals surface area contributed by atoms with Gasteiger partial charge in [0.2, 0.25) is 0 Å². The molecular formula is C24H25Cl2NO2. The van der Waals surface area contributed by atoms with E-state index >= 15 is 0 Å². The fraction of sp³-hybridized carbons (Fsp3) is 0.250. The van der Waals surface area contributed by atoms with Gasteiger partial charge in [0.15, 0.2) is 11.5 Å². The number of hydrogen-bond acceptors (Lipinski definition) is 3. The van der Waals surface area contributed by atoms with Crippen LogP contribution in [0.4, 0.5) is 0 Å². The first-order valence-electron chi connectivity index (χ1n) is 9.68. The molecule has 1 atom stereocenters. The third-order valence-electron chi connectivity index (χ3n) is 4.65. The van der Waals surface area contributed by atoms with Crippen molar-refractivity contribution in [2.24, 2.45) is 0 Å². The van der Waals surface area contributed by atoms with Crippen LogP contribution in [-0.4, -0.2) is 6.61 Å². The molecule has 0 saturated carbocycles. The molecule has 0 aliphatic carbocycles. The van der Waals surface area contributed by atoms with Gasteiger partial charge in [-0.1, -0.05) is 71.7 Å². The second kappa shape index (κ2) is 10.5. The van der Waals surface area contributed by atoms with Crippen molar-refractivity contribution in [2.45, 2.75) is 33.0 Å². The van der Waals surface area contributed by atoms with Crippen LogP contribution >= 0.6 is 23.2 Å². The molecule has 1 N–H and O–H groups in total. The Hall–Kier alpha value is -2.20. The molecule has 0 aliphatic rings. The highest BCUT2D eigenvalue weighted by molar-refractivity contribution is 6.35. The van der Waals surface area contributed by atoms with Crippen LogP contribution in [0.1, 0.15) is 36.6 Å². The van der Waals surface area contributed by atoms with Crippen molar-refractivity contribution in [1.82, 2.24) is 5.32 Å². The number of hydrogen-bond donors (Lipinski definition) is 1. The molecule has 0 aliphatic heterocycles. The Morgan fingerprint density at radius 3 is 2.41 bits per heavy atom. The van der Waals surface area contributed by atoms with Crippen molar-refractivity contribution < 1.29 is 9.47 Å².